The molecule has 0 aliphatic rings. The highest BCUT2D eigenvalue weighted by atomic mass is 32.2. The number of sulfonamides is 1. The predicted molar refractivity (Wildman–Crippen MR) is 147 cm³/mol. The van der Waals surface area contributed by atoms with Crippen LogP contribution < -0.4 is 15.8 Å². The van der Waals surface area contributed by atoms with Crippen LogP contribution in [0.2, 0.25) is 0 Å². The van der Waals surface area contributed by atoms with Gasteiger partial charge in [0, 0.05) is 25.9 Å². The van der Waals surface area contributed by atoms with Crippen molar-refractivity contribution in [1.82, 2.24) is 9.62 Å². The Labute approximate surface area is 226 Å². The standard InChI is InChI=1S/C28H41N3O6S/c1-21(2)18-19-31(38(35,36)24-15-13-23(37-3)14-16-24)20-26(32)25(17-12-22-8-5-4-6-9-22)30-28(34)11-7-10-27(29)33/h4-6,8-9,13-16,21,25-26,32H,7,10-12,17-20H2,1-3H3,(H2,29,33)(H,30,34)/t25-,26+/m0/s1. The Morgan fingerprint density at radius 3 is 2.26 bits per heavy atom. The molecule has 38 heavy (non-hydrogen) atoms. The highest BCUT2D eigenvalue weighted by molar-refractivity contribution is 7.89. The van der Waals surface area contributed by atoms with Crippen LogP contribution in [0.25, 0.3) is 0 Å². The molecule has 0 bridgehead atoms. The van der Waals surface area contributed by atoms with E-state index >= 15 is 0 Å². The number of aliphatic hydroxyl groups is 1. The van der Waals surface area contributed by atoms with Gasteiger partial charge in [-0.1, -0.05) is 44.2 Å². The quantitative estimate of drug-likeness (QED) is 0.278. The third-order valence-corrected chi connectivity index (χ3v) is 8.15. The van der Waals surface area contributed by atoms with Gasteiger partial charge in [0.2, 0.25) is 21.8 Å². The van der Waals surface area contributed by atoms with Crippen molar-refractivity contribution >= 4 is 21.8 Å². The van der Waals surface area contributed by atoms with Gasteiger partial charge in [-0.15, -0.1) is 0 Å². The number of ether oxygens (including phenoxy) is 1. The van der Waals surface area contributed by atoms with Gasteiger partial charge in [0.05, 0.1) is 24.2 Å². The summed E-state index contributed by atoms with van der Waals surface area (Å²) in [7, 11) is -2.41. The number of hydrogen-bond donors (Lipinski definition) is 3. The second-order valence-corrected chi connectivity index (χ2v) is 11.7. The summed E-state index contributed by atoms with van der Waals surface area (Å²) in [5, 5.41) is 14.1. The average molecular weight is 548 g/mol. The minimum absolute atomic E-state index is 0.0821. The first-order chi connectivity index (χ1) is 18.0. The fourth-order valence-electron chi connectivity index (χ4n) is 3.97. The van der Waals surface area contributed by atoms with Gasteiger partial charge in [-0.25, -0.2) is 8.42 Å². The minimum atomic E-state index is -3.92. The Bertz CT molecular complexity index is 1110. The number of aliphatic hydroxyl groups excluding tert-OH is 1. The summed E-state index contributed by atoms with van der Waals surface area (Å²) >= 11 is 0. The summed E-state index contributed by atoms with van der Waals surface area (Å²) in [5.41, 5.74) is 6.21. The van der Waals surface area contributed by atoms with Crippen LogP contribution >= 0.6 is 0 Å². The van der Waals surface area contributed by atoms with Gasteiger partial charge in [-0.2, -0.15) is 4.31 Å². The summed E-state index contributed by atoms with van der Waals surface area (Å²) in [6.07, 6.45) is 0.922. The summed E-state index contributed by atoms with van der Waals surface area (Å²) in [4.78, 5) is 23.7. The number of hydrogen-bond acceptors (Lipinski definition) is 6. The van der Waals surface area contributed by atoms with E-state index in [2.05, 4.69) is 5.32 Å². The van der Waals surface area contributed by atoms with Crippen molar-refractivity contribution in [1.29, 1.82) is 0 Å². The van der Waals surface area contributed by atoms with Crippen LogP contribution in [0, 0.1) is 5.92 Å². The lowest BCUT2D eigenvalue weighted by Gasteiger charge is -2.30. The largest absolute Gasteiger partial charge is 0.497 e. The zero-order valence-electron chi connectivity index (χ0n) is 22.5. The molecule has 10 heteroatoms. The third kappa shape index (κ3) is 10.4. The monoisotopic (exact) mass is 547 g/mol. The lowest BCUT2D eigenvalue weighted by atomic mass is 10.0. The second kappa shape index (κ2) is 15.5. The van der Waals surface area contributed by atoms with Crippen molar-refractivity contribution in [2.24, 2.45) is 11.7 Å². The van der Waals surface area contributed by atoms with Crippen molar-refractivity contribution in [3.05, 3.63) is 60.2 Å². The Balaban J connectivity index is 2.23. The highest BCUT2D eigenvalue weighted by Crippen LogP contribution is 2.22. The maximum absolute atomic E-state index is 13.6. The maximum Gasteiger partial charge on any atom is 0.243 e. The van der Waals surface area contributed by atoms with Gasteiger partial charge in [0.25, 0.3) is 0 Å². The van der Waals surface area contributed by atoms with E-state index in [1.165, 1.54) is 23.5 Å². The highest BCUT2D eigenvalue weighted by Gasteiger charge is 2.30. The second-order valence-electron chi connectivity index (χ2n) is 9.81. The van der Waals surface area contributed by atoms with Crippen molar-refractivity contribution in [3.63, 3.8) is 0 Å². The molecule has 2 aromatic rings. The summed E-state index contributed by atoms with van der Waals surface area (Å²) < 4.78 is 33.5. The SMILES string of the molecule is COc1ccc(S(=O)(=O)N(CCC(C)C)C[C@@H](O)[C@H](CCc2ccccc2)NC(=O)CCCC(N)=O)cc1. The molecule has 0 saturated heterocycles. The molecule has 0 fully saturated rings. The Morgan fingerprint density at radius 1 is 1.03 bits per heavy atom. The number of rotatable bonds is 17. The number of carbonyl (C=O) groups excluding carboxylic acids is 2. The lowest BCUT2D eigenvalue weighted by molar-refractivity contribution is -0.123. The zero-order chi connectivity index (χ0) is 28.1. The summed E-state index contributed by atoms with van der Waals surface area (Å²) in [6, 6.07) is 15.1. The van der Waals surface area contributed by atoms with Crippen molar-refractivity contribution in [2.75, 3.05) is 20.2 Å². The molecule has 0 saturated carbocycles. The molecule has 0 radical (unpaired) electrons. The van der Waals surface area contributed by atoms with Crippen LogP contribution in [-0.2, 0) is 26.0 Å². The number of amides is 2. The van der Waals surface area contributed by atoms with Gasteiger partial charge in [-0.05, 0) is 61.4 Å². The molecule has 2 amide bonds. The number of aryl methyl sites for hydroxylation is 1. The zero-order valence-corrected chi connectivity index (χ0v) is 23.3. The topological polar surface area (TPSA) is 139 Å². The van der Waals surface area contributed by atoms with Crippen LogP contribution in [0.3, 0.4) is 0 Å². The molecular formula is C28H41N3O6S. The number of carbonyl (C=O) groups is 2. The first kappa shape index (κ1) is 31.3. The van der Waals surface area contributed by atoms with Crippen LogP contribution in [0.4, 0.5) is 0 Å². The fraction of sp³-hybridized carbons (Fsp3) is 0.500. The van der Waals surface area contributed by atoms with E-state index < -0.39 is 28.1 Å². The maximum atomic E-state index is 13.6. The van der Waals surface area contributed by atoms with Crippen LogP contribution in [0.15, 0.2) is 59.5 Å². The number of nitrogens with one attached hydrogen (secondary N) is 1. The number of nitrogens with zero attached hydrogens (tertiary/aromatic N) is 1. The molecule has 0 aromatic heterocycles. The molecule has 0 unspecified atom stereocenters. The number of nitrogens with two attached hydrogens (primary N) is 1. The molecule has 210 valence electrons. The van der Waals surface area contributed by atoms with Gasteiger partial charge in [0.1, 0.15) is 5.75 Å². The van der Waals surface area contributed by atoms with Crippen molar-refractivity contribution < 1.29 is 27.9 Å². The first-order valence-corrected chi connectivity index (χ1v) is 14.4. The molecule has 2 atom stereocenters. The number of primary amides is 1. The first-order valence-electron chi connectivity index (χ1n) is 13.0. The molecule has 0 aliphatic heterocycles. The smallest absolute Gasteiger partial charge is 0.243 e. The number of methoxy groups -OCH3 is 1. The van der Waals surface area contributed by atoms with Crippen molar-refractivity contribution in [2.45, 2.75) is 69.4 Å². The summed E-state index contributed by atoms with van der Waals surface area (Å²) in [6.45, 7) is 4.05. The van der Waals surface area contributed by atoms with E-state index in [0.717, 1.165) is 5.56 Å². The van der Waals surface area contributed by atoms with Crippen LogP contribution in [-0.4, -0.2) is 62.0 Å². The third-order valence-electron chi connectivity index (χ3n) is 6.27. The van der Waals surface area contributed by atoms with Crippen LogP contribution in [0.1, 0.15) is 51.5 Å². The normalized spacial score (nSPS) is 13.3. The van der Waals surface area contributed by atoms with Gasteiger partial charge in [-0.3, -0.25) is 9.59 Å². The molecule has 4 N–H and O–H groups in total. The molecule has 2 rings (SSSR count). The van der Waals surface area contributed by atoms with E-state index in [-0.39, 0.29) is 42.7 Å². The molecular weight excluding hydrogens is 506 g/mol. The van der Waals surface area contributed by atoms with Crippen molar-refractivity contribution in [3.8, 4) is 5.75 Å². The molecule has 0 aliphatic carbocycles. The van der Waals surface area contributed by atoms with E-state index in [1.54, 1.807) is 12.1 Å². The van der Waals surface area contributed by atoms with Gasteiger partial charge in [0.15, 0.2) is 0 Å². The Hall–Kier alpha value is -2.95. The minimum Gasteiger partial charge on any atom is -0.497 e. The van der Waals surface area contributed by atoms with E-state index in [4.69, 9.17) is 10.5 Å². The Kier molecular flexibility index (Phi) is 12.7. The van der Waals surface area contributed by atoms with Gasteiger partial charge < -0.3 is 20.9 Å². The van der Waals surface area contributed by atoms with E-state index in [1.807, 2.05) is 44.2 Å². The fourth-order valence-corrected chi connectivity index (χ4v) is 5.45. The molecule has 9 nitrogen and oxygen atoms in total. The Morgan fingerprint density at radius 2 is 1.68 bits per heavy atom. The molecule has 2 aromatic carbocycles. The molecule has 0 spiro atoms. The number of benzene rings is 2. The van der Waals surface area contributed by atoms with Gasteiger partial charge >= 0.3 is 0 Å². The van der Waals surface area contributed by atoms with E-state index in [0.29, 0.717) is 31.4 Å². The molecule has 0 heterocycles. The summed E-state index contributed by atoms with van der Waals surface area (Å²) in [5.74, 6) is -0.0182. The lowest BCUT2D eigenvalue weighted by Crippen LogP contribution is -2.50. The van der Waals surface area contributed by atoms with Crippen LogP contribution in [0.5, 0.6) is 5.75 Å². The predicted octanol–water partition coefficient (Wildman–Crippen LogP) is 2.87. The average Bonchev–Trinajstić information content (AvgIpc) is 2.88. The van der Waals surface area contributed by atoms with E-state index in [9.17, 15) is 23.1 Å².